The molecule has 0 bridgehead atoms. The minimum atomic E-state index is -0.387. The van der Waals surface area contributed by atoms with Crippen molar-refractivity contribution in [1.82, 2.24) is 0 Å². The van der Waals surface area contributed by atoms with Gasteiger partial charge in [-0.15, -0.1) is 11.3 Å². The molecule has 1 heterocycles. The lowest BCUT2D eigenvalue weighted by Gasteiger charge is -2.09. The van der Waals surface area contributed by atoms with E-state index >= 15 is 0 Å². The number of thiophene rings is 1. The van der Waals surface area contributed by atoms with Crippen molar-refractivity contribution >= 4 is 23.3 Å². The lowest BCUT2D eigenvalue weighted by Crippen LogP contribution is -2.13. The average molecular weight is 284 g/mol. The molecule has 5 heteroatoms. The van der Waals surface area contributed by atoms with Gasteiger partial charge in [0.05, 0.1) is 12.2 Å². The highest BCUT2D eigenvalue weighted by Crippen LogP contribution is 2.20. The molecule has 1 aromatic heterocycles. The third-order valence-electron chi connectivity index (χ3n) is 2.77. The van der Waals surface area contributed by atoms with Gasteiger partial charge in [0, 0.05) is 0 Å². The fourth-order valence-corrected chi connectivity index (χ4v) is 1.98. The molecule has 19 heavy (non-hydrogen) atoms. The van der Waals surface area contributed by atoms with E-state index in [2.05, 4.69) is 0 Å². The van der Waals surface area contributed by atoms with Crippen LogP contribution in [0, 0.1) is 0 Å². The van der Waals surface area contributed by atoms with Crippen molar-refractivity contribution in [3.05, 3.63) is 21.9 Å². The molecule has 2 unspecified atom stereocenters. The summed E-state index contributed by atoms with van der Waals surface area (Å²) in [6.45, 7) is 7.57. The first-order valence-electron chi connectivity index (χ1n) is 6.49. The van der Waals surface area contributed by atoms with Crippen molar-refractivity contribution in [3.8, 4) is 0 Å². The van der Waals surface area contributed by atoms with E-state index in [1.165, 1.54) is 0 Å². The van der Waals surface area contributed by atoms with E-state index in [0.717, 1.165) is 24.2 Å². The van der Waals surface area contributed by atoms with Gasteiger partial charge in [-0.2, -0.15) is 0 Å². The lowest BCUT2D eigenvalue weighted by molar-refractivity contribution is 0.0332. The Kier molecular flexibility index (Phi) is 6.02. The predicted molar refractivity (Wildman–Crippen MR) is 74.7 cm³/mol. The van der Waals surface area contributed by atoms with Crippen LogP contribution in [0.2, 0.25) is 0 Å². The summed E-state index contributed by atoms with van der Waals surface area (Å²) in [5.41, 5.74) is 0. The summed E-state index contributed by atoms with van der Waals surface area (Å²) in [4.78, 5) is 24.4. The topological polar surface area (TPSA) is 52.6 Å². The van der Waals surface area contributed by atoms with Crippen LogP contribution in [0.5, 0.6) is 0 Å². The second-order valence-electron chi connectivity index (χ2n) is 4.41. The molecule has 0 fully saturated rings. The number of esters is 2. The molecule has 0 amide bonds. The van der Waals surface area contributed by atoms with Crippen LogP contribution in [0.25, 0.3) is 0 Å². The molecule has 4 nitrogen and oxygen atoms in total. The molecule has 0 aliphatic rings. The molecule has 106 valence electrons. The van der Waals surface area contributed by atoms with Gasteiger partial charge >= 0.3 is 11.9 Å². The van der Waals surface area contributed by atoms with Crippen LogP contribution < -0.4 is 0 Å². The van der Waals surface area contributed by atoms with Crippen molar-refractivity contribution in [2.75, 3.05) is 0 Å². The van der Waals surface area contributed by atoms with Crippen LogP contribution in [0.1, 0.15) is 59.9 Å². The highest BCUT2D eigenvalue weighted by molar-refractivity contribution is 7.15. The van der Waals surface area contributed by atoms with Gasteiger partial charge in [0.25, 0.3) is 0 Å². The second kappa shape index (κ2) is 7.28. The van der Waals surface area contributed by atoms with Gasteiger partial charge in [0.2, 0.25) is 0 Å². The first kappa shape index (κ1) is 15.7. The largest absolute Gasteiger partial charge is 0.459 e. The summed E-state index contributed by atoms with van der Waals surface area (Å²) in [5, 5.41) is 0. The maximum absolute atomic E-state index is 11.8. The fraction of sp³-hybridized carbons (Fsp3) is 0.571. The van der Waals surface area contributed by atoms with Gasteiger partial charge in [-0.1, -0.05) is 13.8 Å². The highest BCUT2D eigenvalue weighted by atomic mass is 32.1. The first-order valence-corrected chi connectivity index (χ1v) is 7.31. The van der Waals surface area contributed by atoms with Crippen LogP contribution in [-0.2, 0) is 9.47 Å². The van der Waals surface area contributed by atoms with Gasteiger partial charge in [-0.25, -0.2) is 9.59 Å². The van der Waals surface area contributed by atoms with E-state index in [1.807, 2.05) is 27.7 Å². The Morgan fingerprint density at radius 2 is 1.37 bits per heavy atom. The Hall–Kier alpha value is -1.36. The highest BCUT2D eigenvalue weighted by Gasteiger charge is 2.18. The molecule has 2 atom stereocenters. The first-order chi connectivity index (χ1) is 8.97. The van der Waals surface area contributed by atoms with Crippen LogP contribution in [0.15, 0.2) is 12.1 Å². The minimum absolute atomic E-state index is 0.120. The molecule has 0 saturated carbocycles. The Morgan fingerprint density at radius 3 is 1.68 bits per heavy atom. The molecular formula is C14H20O4S. The lowest BCUT2D eigenvalue weighted by atomic mass is 10.3. The zero-order valence-corrected chi connectivity index (χ0v) is 12.6. The molecular weight excluding hydrogens is 264 g/mol. The zero-order chi connectivity index (χ0) is 14.4. The maximum Gasteiger partial charge on any atom is 0.348 e. The predicted octanol–water partition coefficient (Wildman–Crippen LogP) is 3.66. The Labute approximate surface area is 117 Å². The van der Waals surface area contributed by atoms with Gasteiger partial charge < -0.3 is 9.47 Å². The van der Waals surface area contributed by atoms with Gasteiger partial charge in [-0.05, 0) is 38.8 Å². The van der Waals surface area contributed by atoms with E-state index < -0.39 is 0 Å². The van der Waals surface area contributed by atoms with Crippen LogP contribution in [0.3, 0.4) is 0 Å². The SMILES string of the molecule is CCC(C)OC(=O)c1ccc(C(=O)OC(C)CC)s1. The smallest absolute Gasteiger partial charge is 0.348 e. The molecule has 0 aliphatic heterocycles. The van der Waals surface area contributed by atoms with Gasteiger partial charge in [0.15, 0.2) is 0 Å². The molecule has 1 aromatic rings. The van der Waals surface area contributed by atoms with Crippen molar-refractivity contribution in [1.29, 1.82) is 0 Å². The van der Waals surface area contributed by atoms with E-state index in [1.54, 1.807) is 12.1 Å². The Bertz CT molecular complexity index is 400. The standard InChI is InChI=1S/C14H20O4S/c1-5-9(3)17-13(15)11-7-8-12(19-11)14(16)18-10(4)6-2/h7-10H,5-6H2,1-4H3. The van der Waals surface area contributed by atoms with Crippen LogP contribution >= 0.6 is 11.3 Å². The maximum atomic E-state index is 11.8. The van der Waals surface area contributed by atoms with E-state index in [9.17, 15) is 9.59 Å². The Balaban J connectivity index is 2.66. The van der Waals surface area contributed by atoms with Gasteiger partial charge in [-0.3, -0.25) is 0 Å². The number of carbonyl (C=O) groups excluding carboxylic acids is 2. The van der Waals surface area contributed by atoms with E-state index in [-0.39, 0.29) is 24.1 Å². The molecule has 0 N–H and O–H groups in total. The second-order valence-corrected chi connectivity index (χ2v) is 5.50. The van der Waals surface area contributed by atoms with Crippen molar-refractivity contribution in [2.45, 2.75) is 52.7 Å². The molecule has 0 aliphatic carbocycles. The molecule has 0 spiro atoms. The molecule has 0 aromatic carbocycles. The summed E-state index contributed by atoms with van der Waals surface area (Å²) in [5.74, 6) is -0.774. The van der Waals surface area contributed by atoms with Crippen molar-refractivity contribution in [2.24, 2.45) is 0 Å². The Morgan fingerprint density at radius 1 is 1.00 bits per heavy atom. The summed E-state index contributed by atoms with van der Waals surface area (Å²) in [6, 6.07) is 3.20. The summed E-state index contributed by atoms with van der Waals surface area (Å²) in [6.07, 6.45) is 1.29. The minimum Gasteiger partial charge on any atom is -0.459 e. The van der Waals surface area contributed by atoms with Crippen molar-refractivity contribution in [3.63, 3.8) is 0 Å². The molecule has 0 radical (unpaired) electrons. The number of ether oxygens (including phenoxy) is 2. The van der Waals surface area contributed by atoms with Crippen molar-refractivity contribution < 1.29 is 19.1 Å². The number of hydrogen-bond acceptors (Lipinski definition) is 5. The molecule has 0 saturated heterocycles. The number of carbonyl (C=O) groups is 2. The van der Waals surface area contributed by atoms with Crippen LogP contribution in [-0.4, -0.2) is 24.1 Å². The number of rotatable bonds is 6. The van der Waals surface area contributed by atoms with E-state index in [0.29, 0.717) is 9.75 Å². The summed E-state index contributed by atoms with van der Waals surface area (Å²) >= 11 is 1.10. The summed E-state index contributed by atoms with van der Waals surface area (Å²) < 4.78 is 10.4. The third kappa shape index (κ3) is 4.67. The van der Waals surface area contributed by atoms with E-state index in [4.69, 9.17) is 9.47 Å². The normalized spacial score (nSPS) is 13.7. The fourth-order valence-electron chi connectivity index (χ4n) is 1.21. The quantitative estimate of drug-likeness (QED) is 0.748. The number of hydrogen-bond donors (Lipinski definition) is 0. The van der Waals surface area contributed by atoms with Crippen LogP contribution in [0.4, 0.5) is 0 Å². The summed E-state index contributed by atoms with van der Waals surface area (Å²) in [7, 11) is 0. The van der Waals surface area contributed by atoms with Gasteiger partial charge in [0.1, 0.15) is 9.75 Å². The average Bonchev–Trinajstić information content (AvgIpc) is 2.87. The monoisotopic (exact) mass is 284 g/mol. The third-order valence-corrected chi connectivity index (χ3v) is 3.82. The zero-order valence-electron chi connectivity index (χ0n) is 11.8. The molecule has 1 rings (SSSR count).